The molecule has 0 saturated carbocycles. The SMILES string of the molecule is CC(C)C(O)C(C)(C)C(C)(C)C. The third-order valence-corrected chi connectivity index (χ3v) is 3.30. The van der Waals surface area contributed by atoms with Crippen LogP contribution < -0.4 is 0 Å². The van der Waals surface area contributed by atoms with Crippen LogP contribution in [0.4, 0.5) is 0 Å². The summed E-state index contributed by atoms with van der Waals surface area (Å²) in [4.78, 5) is 0. The summed E-state index contributed by atoms with van der Waals surface area (Å²) in [5.41, 5.74) is 0.123. The molecule has 12 heavy (non-hydrogen) atoms. The van der Waals surface area contributed by atoms with Gasteiger partial charge in [0.1, 0.15) is 0 Å². The van der Waals surface area contributed by atoms with E-state index in [0.717, 1.165) is 0 Å². The molecule has 1 nitrogen and oxygen atoms in total. The molecule has 74 valence electrons. The number of rotatable bonds is 2. The maximum atomic E-state index is 9.99. The Morgan fingerprint density at radius 3 is 1.33 bits per heavy atom. The van der Waals surface area contributed by atoms with E-state index in [9.17, 15) is 5.11 Å². The van der Waals surface area contributed by atoms with Crippen molar-refractivity contribution in [3.05, 3.63) is 0 Å². The molecular formula is C11H24O. The Bertz CT molecular complexity index is 140. The van der Waals surface area contributed by atoms with Crippen LogP contribution >= 0.6 is 0 Å². The Kier molecular flexibility index (Phi) is 3.36. The van der Waals surface area contributed by atoms with Crippen molar-refractivity contribution in [2.24, 2.45) is 16.7 Å². The van der Waals surface area contributed by atoms with E-state index >= 15 is 0 Å². The largest absolute Gasteiger partial charge is 0.392 e. The molecule has 0 aromatic carbocycles. The smallest absolute Gasteiger partial charge is 0.0619 e. The minimum Gasteiger partial charge on any atom is -0.392 e. The second kappa shape index (κ2) is 3.37. The Morgan fingerprint density at radius 2 is 1.25 bits per heavy atom. The lowest BCUT2D eigenvalue weighted by Crippen LogP contribution is -2.43. The van der Waals surface area contributed by atoms with Crippen LogP contribution in [0.2, 0.25) is 0 Å². The van der Waals surface area contributed by atoms with Crippen molar-refractivity contribution in [1.29, 1.82) is 0 Å². The van der Waals surface area contributed by atoms with E-state index in [1.807, 2.05) is 0 Å². The predicted molar refractivity (Wildman–Crippen MR) is 54.1 cm³/mol. The van der Waals surface area contributed by atoms with Gasteiger partial charge in [-0.05, 0) is 16.7 Å². The molecule has 0 heterocycles. The Balaban J connectivity index is 4.61. The summed E-state index contributed by atoms with van der Waals surface area (Å²) in [5, 5.41) is 9.99. The molecule has 0 saturated heterocycles. The van der Waals surface area contributed by atoms with Crippen molar-refractivity contribution in [2.75, 3.05) is 0 Å². The fourth-order valence-corrected chi connectivity index (χ4v) is 1.28. The van der Waals surface area contributed by atoms with Crippen LogP contribution in [0.1, 0.15) is 48.5 Å². The lowest BCUT2D eigenvalue weighted by molar-refractivity contribution is -0.0529. The van der Waals surface area contributed by atoms with Crippen LogP contribution in [0.5, 0.6) is 0 Å². The van der Waals surface area contributed by atoms with Gasteiger partial charge in [-0.25, -0.2) is 0 Å². The number of hydrogen-bond donors (Lipinski definition) is 1. The van der Waals surface area contributed by atoms with E-state index in [0.29, 0.717) is 5.92 Å². The first-order chi connectivity index (χ1) is 5.10. The quantitative estimate of drug-likeness (QED) is 0.678. The maximum Gasteiger partial charge on any atom is 0.0619 e. The van der Waals surface area contributed by atoms with Crippen molar-refractivity contribution >= 4 is 0 Å². The van der Waals surface area contributed by atoms with Crippen LogP contribution in [0.3, 0.4) is 0 Å². The minimum absolute atomic E-state index is 0.0266. The monoisotopic (exact) mass is 172 g/mol. The molecule has 0 aromatic rings. The number of aliphatic hydroxyl groups excluding tert-OH is 1. The third kappa shape index (κ3) is 2.22. The first-order valence-corrected chi connectivity index (χ1v) is 4.78. The average molecular weight is 172 g/mol. The van der Waals surface area contributed by atoms with Crippen molar-refractivity contribution in [3.8, 4) is 0 Å². The maximum absolute atomic E-state index is 9.99. The molecule has 0 aliphatic heterocycles. The first-order valence-electron chi connectivity index (χ1n) is 4.78. The summed E-state index contributed by atoms with van der Waals surface area (Å²) in [7, 11) is 0. The van der Waals surface area contributed by atoms with Gasteiger partial charge in [-0.15, -0.1) is 0 Å². The summed E-state index contributed by atoms with van der Waals surface area (Å²) >= 11 is 0. The molecule has 0 amide bonds. The van der Waals surface area contributed by atoms with Gasteiger partial charge in [-0.2, -0.15) is 0 Å². The molecular weight excluding hydrogens is 148 g/mol. The molecule has 0 bridgehead atoms. The Labute approximate surface area is 77.2 Å². The highest BCUT2D eigenvalue weighted by molar-refractivity contribution is 4.89. The van der Waals surface area contributed by atoms with Gasteiger partial charge in [0.05, 0.1) is 6.10 Å². The second-order valence-electron chi connectivity index (χ2n) is 5.66. The van der Waals surface area contributed by atoms with Crippen LogP contribution in [-0.4, -0.2) is 11.2 Å². The normalized spacial score (nSPS) is 16.8. The average Bonchev–Trinajstić information content (AvgIpc) is 1.83. The molecule has 1 atom stereocenters. The Hall–Kier alpha value is -0.0400. The molecule has 0 aromatic heterocycles. The molecule has 0 radical (unpaired) electrons. The lowest BCUT2D eigenvalue weighted by atomic mass is 9.64. The van der Waals surface area contributed by atoms with Crippen molar-refractivity contribution in [2.45, 2.75) is 54.6 Å². The zero-order chi connectivity index (χ0) is 10.2. The molecule has 1 N–H and O–H groups in total. The second-order valence-corrected chi connectivity index (χ2v) is 5.66. The van der Waals surface area contributed by atoms with Crippen molar-refractivity contribution < 1.29 is 5.11 Å². The standard InChI is InChI=1S/C11H24O/c1-8(2)9(12)11(6,7)10(3,4)5/h8-9,12H,1-7H3. The summed E-state index contributed by atoms with van der Waals surface area (Å²) in [6.07, 6.45) is -0.225. The van der Waals surface area contributed by atoms with Gasteiger partial charge >= 0.3 is 0 Å². The zero-order valence-corrected chi connectivity index (χ0v) is 9.60. The van der Waals surface area contributed by atoms with Crippen LogP contribution in [-0.2, 0) is 0 Å². The van der Waals surface area contributed by atoms with Gasteiger partial charge in [-0.3, -0.25) is 0 Å². The fourth-order valence-electron chi connectivity index (χ4n) is 1.28. The van der Waals surface area contributed by atoms with Crippen molar-refractivity contribution in [1.82, 2.24) is 0 Å². The van der Waals surface area contributed by atoms with E-state index < -0.39 is 0 Å². The highest BCUT2D eigenvalue weighted by Gasteiger charge is 2.40. The predicted octanol–water partition coefficient (Wildman–Crippen LogP) is 3.08. The summed E-state index contributed by atoms with van der Waals surface area (Å²) in [6, 6.07) is 0. The third-order valence-electron chi connectivity index (χ3n) is 3.30. The molecule has 1 unspecified atom stereocenters. The molecule has 0 fully saturated rings. The molecule has 0 rings (SSSR count). The highest BCUT2D eigenvalue weighted by Crippen LogP contribution is 2.42. The van der Waals surface area contributed by atoms with Gasteiger partial charge < -0.3 is 5.11 Å². The number of aliphatic hydroxyl groups is 1. The summed E-state index contributed by atoms with van der Waals surface area (Å²) in [6.45, 7) is 14.9. The van der Waals surface area contributed by atoms with Gasteiger partial charge in [0.25, 0.3) is 0 Å². The van der Waals surface area contributed by atoms with E-state index in [4.69, 9.17) is 0 Å². The van der Waals surface area contributed by atoms with Gasteiger partial charge in [-0.1, -0.05) is 48.5 Å². The topological polar surface area (TPSA) is 20.2 Å². The fraction of sp³-hybridized carbons (Fsp3) is 1.00. The lowest BCUT2D eigenvalue weighted by Gasteiger charge is -2.44. The Morgan fingerprint density at radius 1 is 0.917 bits per heavy atom. The van der Waals surface area contributed by atoms with E-state index in [1.54, 1.807) is 0 Å². The van der Waals surface area contributed by atoms with Crippen LogP contribution in [0.25, 0.3) is 0 Å². The molecule has 0 spiro atoms. The highest BCUT2D eigenvalue weighted by atomic mass is 16.3. The molecule has 0 aliphatic rings. The van der Waals surface area contributed by atoms with Gasteiger partial charge in [0.15, 0.2) is 0 Å². The van der Waals surface area contributed by atoms with Crippen molar-refractivity contribution in [3.63, 3.8) is 0 Å². The van der Waals surface area contributed by atoms with E-state index in [2.05, 4.69) is 48.5 Å². The minimum atomic E-state index is -0.225. The molecule has 1 heteroatoms. The van der Waals surface area contributed by atoms with Gasteiger partial charge in [0, 0.05) is 0 Å². The van der Waals surface area contributed by atoms with Crippen LogP contribution in [0.15, 0.2) is 0 Å². The zero-order valence-electron chi connectivity index (χ0n) is 9.60. The summed E-state index contributed by atoms with van der Waals surface area (Å²) in [5.74, 6) is 0.333. The first kappa shape index (κ1) is 12.0. The van der Waals surface area contributed by atoms with Gasteiger partial charge in [0.2, 0.25) is 0 Å². The van der Waals surface area contributed by atoms with E-state index in [1.165, 1.54) is 0 Å². The number of hydrogen-bond acceptors (Lipinski definition) is 1. The summed E-state index contributed by atoms with van der Waals surface area (Å²) < 4.78 is 0. The molecule has 0 aliphatic carbocycles. The van der Waals surface area contributed by atoms with E-state index in [-0.39, 0.29) is 16.9 Å². The van der Waals surface area contributed by atoms with Crippen LogP contribution in [0, 0.1) is 16.7 Å².